The summed E-state index contributed by atoms with van der Waals surface area (Å²) in [5.41, 5.74) is 1.45. The average Bonchev–Trinajstić information content (AvgIpc) is 2.78. The Bertz CT molecular complexity index is 440. The van der Waals surface area contributed by atoms with Crippen LogP contribution in [0.2, 0.25) is 0 Å². The topological polar surface area (TPSA) is 45.2 Å². The number of aliphatic hydroxyl groups is 1. The second-order valence-electron chi connectivity index (χ2n) is 6.82. The van der Waals surface area contributed by atoms with E-state index in [0.717, 1.165) is 25.8 Å². The molecule has 0 aromatic carbocycles. The average molecular weight is 296 g/mol. The van der Waals surface area contributed by atoms with Gasteiger partial charge in [-0.3, -0.25) is 0 Å². The van der Waals surface area contributed by atoms with Gasteiger partial charge >= 0.3 is 0 Å². The largest absolute Gasteiger partial charge is 0.393 e. The first-order valence-corrected chi connectivity index (χ1v) is 8.63. The van der Waals surface area contributed by atoms with Gasteiger partial charge in [-0.05, 0) is 44.4 Å². The number of hydrogen-bond acceptors (Lipinski definition) is 4. The fraction of sp³-hybridized carbons (Fsp3) is 0.812. The smallest absolute Gasteiger partial charge is 0.0928 e. The molecule has 1 aromatic heterocycles. The van der Waals surface area contributed by atoms with Crippen molar-refractivity contribution in [1.82, 2.24) is 10.3 Å². The van der Waals surface area contributed by atoms with Crippen molar-refractivity contribution >= 4 is 11.3 Å². The van der Waals surface area contributed by atoms with Crippen LogP contribution in [0.5, 0.6) is 0 Å². The zero-order valence-corrected chi connectivity index (χ0v) is 14.0. The van der Waals surface area contributed by atoms with Gasteiger partial charge in [0.1, 0.15) is 0 Å². The third-order valence-electron chi connectivity index (χ3n) is 3.97. The van der Waals surface area contributed by atoms with Crippen LogP contribution in [0.25, 0.3) is 0 Å². The van der Waals surface area contributed by atoms with Gasteiger partial charge < -0.3 is 10.4 Å². The third-order valence-corrected chi connectivity index (χ3v) is 5.33. The minimum Gasteiger partial charge on any atom is -0.393 e. The van der Waals surface area contributed by atoms with Crippen molar-refractivity contribution in [2.24, 2.45) is 5.41 Å². The molecule has 0 bridgehead atoms. The van der Waals surface area contributed by atoms with Crippen LogP contribution in [0.15, 0.2) is 0 Å². The fourth-order valence-corrected chi connectivity index (χ4v) is 4.25. The maximum Gasteiger partial charge on any atom is 0.0928 e. The lowest BCUT2D eigenvalue weighted by molar-refractivity contribution is 0.126. The summed E-state index contributed by atoms with van der Waals surface area (Å²) in [6.45, 7) is 9.44. The highest BCUT2D eigenvalue weighted by Crippen LogP contribution is 2.35. The SMILES string of the molecule is CCc1nc2c(s1)C(NCC(C)(C)CC(C)O)CCC2. The van der Waals surface area contributed by atoms with Crippen molar-refractivity contribution in [3.05, 3.63) is 15.6 Å². The van der Waals surface area contributed by atoms with Crippen LogP contribution in [-0.2, 0) is 12.8 Å². The van der Waals surface area contributed by atoms with Crippen molar-refractivity contribution in [3.8, 4) is 0 Å². The van der Waals surface area contributed by atoms with E-state index < -0.39 is 0 Å². The number of aryl methyl sites for hydroxylation is 2. The molecule has 0 spiro atoms. The van der Waals surface area contributed by atoms with Crippen molar-refractivity contribution in [1.29, 1.82) is 0 Å². The van der Waals surface area contributed by atoms with Crippen LogP contribution in [0, 0.1) is 5.41 Å². The summed E-state index contributed by atoms with van der Waals surface area (Å²) in [6, 6.07) is 0.463. The molecule has 114 valence electrons. The number of aromatic nitrogens is 1. The highest BCUT2D eigenvalue weighted by Gasteiger charge is 2.27. The number of aliphatic hydroxyl groups excluding tert-OH is 1. The molecule has 0 fully saturated rings. The summed E-state index contributed by atoms with van der Waals surface area (Å²) < 4.78 is 0. The lowest BCUT2D eigenvalue weighted by Gasteiger charge is -2.30. The van der Waals surface area contributed by atoms with Gasteiger partial charge in [-0.25, -0.2) is 4.98 Å². The van der Waals surface area contributed by atoms with Crippen LogP contribution in [0.3, 0.4) is 0 Å². The number of nitrogens with zero attached hydrogens (tertiary/aromatic N) is 1. The number of hydrogen-bond donors (Lipinski definition) is 2. The molecule has 2 unspecified atom stereocenters. The Morgan fingerprint density at radius 2 is 2.25 bits per heavy atom. The Morgan fingerprint density at radius 3 is 2.90 bits per heavy atom. The van der Waals surface area contributed by atoms with E-state index in [1.165, 1.54) is 28.4 Å². The molecule has 1 heterocycles. The number of fused-ring (bicyclic) bond motifs is 1. The van der Waals surface area contributed by atoms with E-state index in [2.05, 4.69) is 26.1 Å². The lowest BCUT2D eigenvalue weighted by Crippen LogP contribution is -2.35. The first-order chi connectivity index (χ1) is 9.41. The van der Waals surface area contributed by atoms with E-state index in [-0.39, 0.29) is 11.5 Å². The molecule has 0 saturated heterocycles. The van der Waals surface area contributed by atoms with Crippen molar-refractivity contribution in [3.63, 3.8) is 0 Å². The zero-order chi connectivity index (χ0) is 14.8. The maximum atomic E-state index is 9.58. The summed E-state index contributed by atoms with van der Waals surface area (Å²) in [7, 11) is 0. The molecule has 0 amide bonds. The molecule has 1 aliphatic rings. The Hall–Kier alpha value is -0.450. The molecule has 2 atom stereocenters. The molecule has 20 heavy (non-hydrogen) atoms. The summed E-state index contributed by atoms with van der Waals surface area (Å²) in [5.74, 6) is 0. The lowest BCUT2D eigenvalue weighted by atomic mass is 9.86. The molecule has 1 aliphatic carbocycles. The summed E-state index contributed by atoms with van der Waals surface area (Å²) in [5, 5.41) is 14.6. The van der Waals surface area contributed by atoms with Gasteiger partial charge in [-0.15, -0.1) is 11.3 Å². The van der Waals surface area contributed by atoms with E-state index in [1.54, 1.807) is 0 Å². The predicted octanol–water partition coefficient (Wildman–Crippen LogP) is 3.47. The van der Waals surface area contributed by atoms with Gasteiger partial charge in [0, 0.05) is 17.5 Å². The van der Waals surface area contributed by atoms with E-state index >= 15 is 0 Å². The molecule has 0 radical (unpaired) electrons. The van der Waals surface area contributed by atoms with Crippen molar-refractivity contribution in [2.75, 3.05) is 6.54 Å². The van der Waals surface area contributed by atoms with Gasteiger partial charge in [-0.1, -0.05) is 20.8 Å². The minimum atomic E-state index is -0.233. The van der Waals surface area contributed by atoms with Crippen LogP contribution in [-0.4, -0.2) is 22.7 Å². The first-order valence-electron chi connectivity index (χ1n) is 7.81. The van der Waals surface area contributed by atoms with Gasteiger partial charge in [0.05, 0.1) is 16.8 Å². The van der Waals surface area contributed by atoms with Crippen LogP contribution < -0.4 is 5.32 Å². The molecule has 0 aliphatic heterocycles. The summed E-state index contributed by atoms with van der Waals surface area (Å²) in [4.78, 5) is 6.21. The van der Waals surface area contributed by atoms with E-state index in [1.807, 2.05) is 18.3 Å². The minimum absolute atomic E-state index is 0.129. The van der Waals surface area contributed by atoms with E-state index in [0.29, 0.717) is 6.04 Å². The predicted molar refractivity (Wildman–Crippen MR) is 85.3 cm³/mol. The molecule has 3 nitrogen and oxygen atoms in total. The number of nitrogens with one attached hydrogen (secondary N) is 1. The number of rotatable bonds is 6. The normalized spacial score (nSPS) is 20.8. The van der Waals surface area contributed by atoms with Gasteiger partial charge in [-0.2, -0.15) is 0 Å². The molecule has 0 saturated carbocycles. The monoisotopic (exact) mass is 296 g/mol. The second kappa shape index (κ2) is 6.54. The second-order valence-corrected chi connectivity index (χ2v) is 7.93. The molecule has 1 aromatic rings. The molecular formula is C16H28N2OS. The molecule has 4 heteroatoms. The Balaban J connectivity index is 1.99. The van der Waals surface area contributed by atoms with Crippen molar-refractivity contribution in [2.45, 2.75) is 71.9 Å². The maximum absolute atomic E-state index is 9.58. The summed E-state index contributed by atoms with van der Waals surface area (Å²) in [6.07, 6.45) is 5.22. The molecule has 2 rings (SSSR count). The van der Waals surface area contributed by atoms with E-state index in [4.69, 9.17) is 4.98 Å². The highest BCUT2D eigenvalue weighted by atomic mass is 32.1. The van der Waals surface area contributed by atoms with Crippen LogP contribution >= 0.6 is 11.3 Å². The van der Waals surface area contributed by atoms with Gasteiger partial charge in [0.15, 0.2) is 0 Å². The first kappa shape index (κ1) is 15.9. The van der Waals surface area contributed by atoms with E-state index in [9.17, 15) is 5.11 Å². The Kier molecular flexibility index (Phi) is 5.21. The Labute approximate surface area is 126 Å². The molecule has 2 N–H and O–H groups in total. The Morgan fingerprint density at radius 1 is 1.50 bits per heavy atom. The highest BCUT2D eigenvalue weighted by molar-refractivity contribution is 7.11. The summed E-state index contributed by atoms with van der Waals surface area (Å²) >= 11 is 1.88. The third kappa shape index (κ3) is 4.03. The standard InChI is InChI=1S/C16H28N2OS/c1-5-14-18-13-8-6-7-12(15(13)20-14)17-10-16(3,4)9-11(2)19/h11-12,17,19H,5-10H2,1-4H3. The number of thiazole rings is 1. The van der Waals surface area contributed by atoms with Gasteiger partial charge in [0.2, 0.25) is 0 Å². The van der Waals surface area contributed by atoms with Gasteiger partial charge in [0.25, 0.3) is 0 Å². The van der Waals surface area contributed by atoms with Crippen LogP contribution in [0.1, 0.15) is 68.6 Å². The quantitative estimate of drug-likeness (QED) is 0.845. The van der Waals surface area contributed by atoms with Crippen molar-refractivity contribution < 1.29 is 5.11 Å². The molecular weight excluding hydrogens is 268 g/mol. The zero-order valence-electron chi connectivity index (χ0n) is 13.2. The fourth-order valence-electron chi connectivity index (χ4n) is 3.09. The van der Waals surface area contributed by atoms with Crippen LogP contribution in [0.4, 0.5) is 0 Å².